The maximum Gasteiger partial charge on any atom is 0.150 e. The number of rotatable bonds is 8. The maximum absolute atomic E-state index is 5.60. The van der Waals surface area contributed by atoms with Crippen molar-refractivity contribution in [1.29, 1.82) is 0 Å². The van der Waals surface area contributed by atoms with E-state index >= 15 is 0 Å². The molecule has 0 unspecified atom stereocenters. The topological polar surface area (TPSA) is 59.8 Å². The number of nitrogens with one attached hydrogen (secondary N) is 1. The predicted octanol–water partition coefficient (Wildman–Crippen LogP) is 2.39. The summed E-state index contributed by atoms with van der Waals surface area (Å²) >= 11 is 0. The van der Waals surface area contributed by atoms with Crippen LogP contribution in [0.3, 0.4) is 0 Å². The Morgan fingerprint density at radius 2 is 1.89 bits per heavy atom. The van der Waals surface area contributed by atoms with Crippen LogP contribution in [-0.4, -0.2) is 55.1 Å². The molecule has 2 saturated heterocycles. The van der Waals surface area contributed by atoms with Crippen molar-refractivity contribution in [2.24, 2.45) is 0 Å². The van der Waals surface area contributed by atoms with Crippen molar-refractivity contribution in [1.82, 2.24) is 15.4 Å². The number of benzene rings is 1. The van der Waals surface area contributed by atoms with E-state index in [1.54, 1.807) is 0 Å². The van der Waals surface area contributed by atoms with Crippen LogP contribution in [0.5, 0.6) is 0 Å². The van der Waals surface area contributed by atoms with Gasteiger partial charge in [0, 0.05) is 38.3 Å². The minimum absolute atomic E-state index is 0.00785. The van der Waals surface area contributed by atoms with Crippen molar-refractivity contribution < 1.29 is 14.0 Å². The zero-order chi connectivity index (χ0) is 18.5. The first kappa shape index (κ1) is 18.6. The first-order valence-electron chi connectivity index (χ1n) is 9.81. The molecule has 2 fully saturated rings. The van der Waals surface area contributed by atoms with Crippen molar-refractivity contribution in [2.75, 3.05) is 33.5 Å². The van der Waals surface area contributed by atoms with Gasteiger partial charge in [0.2, 0.25) is 0 Å². The van der Waals surface area contributed by atoms with E-state index in [0.29, 0.717) is 6.04 Å². The van der Waals surface area contributed by atoms with Crippen LogP contribution in [0.4, 0.5) is 0 Å². The molecule has 3 heterocycles. The Morgan fingerprint density at radius 3 is 2.59 bits per heavy atom. The van der Waals surface area contributed by atoms with E-state index in [0.717, 1.165) is 70.2 Å². The first-order chi connectivity index (χ1) is 13.2. The van der Waals surface area contributed by atoms with Gasteiger partial charge < -0.3 is 19.3 Å². The number of hydrogen-bond acceptors (Lipinski definition) is 6. The highest BCUT2D eigenvalue weighted by Gasteiger charge is 2.41. The Hall–Kier alpha value is -1.73. The molecule has 0 bridgehead atoms. The average molecular weight is 371 g/mol. The van der Waals surface area contributed by atoms with Crippen molar-refractivity contribution in [3.05, 3.63) is 53.4 Å². The minimum Gasteiger partial charge on any atom is -0.381 e. The molecular formula is C21H29N3O3. The lowest BCUT2D eigenvalue weighted by Gasteiger charge is -2.45. The Kier molecular flexibility index (Phi) is 5.88. The summed E-state index contributed by atoms with van der Waals surface area (Å²) in [4.78, 5) is 2.24. The summed E-state index contributed by atoms with van der Waals surface area (Å²) < 4.78 is 16.6. The predicted molar refractivity (Wildman–Crippen MR) is 102 cm³/mol. The van der Waals surface area contributed by atoms with E-state index in [-0.39, 0.29) is 5.54 Å². The van der Waals surface area contributed by atoms with Gasteiger partial charge in [0.05, 0.1) is 31.0 Å². The maximum atomic E-state index is 5.60. The Bertz CT molecular complexity index is 708. The van der Waals surface area contributed by atoms with Gasteiger partial charge in [-0.15, -0.1) is 0 Å². The van der Waals surface area contributed by atoms with E-state index < -0.39 is 0 Å². The highest BCUT2D eigenvalue weighted by molar-refractivity contribution is 5.15. The third-order valence-corrected chi connectivity index (χ3v) is 5.34. The molecule has 2 aliphatic rings. The third-order valence-electron chi connectivity index (χ3n) is 5.34. The second-order valence-corrected chi connectivity index (χ2v) is 7.92. The highest BCUT2D eigenvalue weighted by Crippen LogP contribution is 2.25. The van der Waals surface area contributed by atoms with Gasteiger partial charge in [0.1, 0.15) is 0 Å². The van der Waals surface area contributed by atoms with Crippen molar-refractivity contribution in [3.63, 3.8) is 0 Å². The quantitative estimate of drug-likeness (QED) is 0.769. The molecule has 0 radical (unpaired) electrons. The van der Waals surface area contributed by atoms with E-state index in [1.165, 1.54) is 5.56 Å². The number of aromatic nitrogens is 1. The molecule has 2 aliphatic heterocycles. The Balaban J connectivity index is 1.31. The van der Waals surface area contributed by atoms with Crippen LogP contribution in [0, 0.1) is 0 Å². The smallest absolute Gasteiger partial charge is 0.150 e. The van der Waals surface area contributed by atoms with Crippen molar-refractivity contribution >= 4 is 0 Å². The van der Waals surface area contributed by atoms with Gasteiger partial charge in [-0.1, -0.05) is 35.5 Å². The van der Waals surface area contributed by atoms with Crippen LogP contribution in [-0.2, 0) is 29.0 Å². The number of ether oxygens (including phenoxy) is 2. The molecule has 0 saturated carbocycles. The second-order valence-electron chi connectivity index (χ2n) is 7.92. The first-order valence-corrected chi connectivity index (χ1v) is 9.81. The Morgan fingerprint density at radius 1 is 1.11 bits per heavy atom. The van der Waals surface area contributed by atoms with Crippen LogP contribution in [0.25, 0.3) is 0 Å². The summed E-state index contributed by atoms with van der Waals surface area (Å²) in [5.41, 5.74) is 2.29. The molecule has 1 aromatic heterocycles. The van der Waals surface area contributed by atoms with Crippen LogP contribution >= 0.6 is 0 Å². The summed E-state index contributed by atoms with van der Waals surface area (Å²) in [5, 5.41) is 8.12. The van der Waals surface area contributed by atoms with Gasteiger partial charge in [0.25, 0.3) is 0 Å². The molecule has 0 aliphatic carbocycles. The van der Waals surface area contributed by atoms with Gasteiger partial charge >= 0.3 is 0 Å². The summed E-state index contributed by atoms with van der Waals surface area (Å²) in [5.74, 6) is 0.907. The van der Waals surface area contributed by atoms with Gasteiger partial charge in [0.15, 0.2) is 5.76 Å². The standard InChI is InChI=1S/C21H29N3O3/c1-24(13-17-5-3-2-4-6-17)14-20-11-19(23-27-20)12-21(15-26-16-21)22-18-7-9-25-10-8-18/h2-6,11,18,22H,7-10,12-16H2,1H3. The second kappa shape index (κ2) is 8.52. The lowest BCUT2D eigenvalue weighted by atomic mass is 9.89. The van der Waals surface area contributed by atoms with Crippen molar-refractivity contribution in [3.8, 4) is 0 Å². The normalized spacial score (nSPS) is 19.9. The zero-order valence-corrected chi connectivity index (χ0v) is 16.0. The molecule has 0 amide bonds. The minimum atomic E-state index is -0.00785. The zero-order valence-electron chi connectivity index (χ0n) is 16.0. The van der Waals surface area contributed by atoms with E-state index in [1.807, 2.05) is 6.07 Å². The largest absolute Gasteiger partial charge is 0.381 e. The molecule has 6 nitrogen and oxygen atoms in total. The molecule has 1 N–H and O–H groups in total. The summed E-state index contributed by atoms with van der Waals surface area (Å²) in [6.07, 6.45) is 2.97. The van der Waals surface area contributed by atoms with Crippen LogP contribution < -0.4 is 5.32 Å². The lowest BCUT2D eigenvalue weighted by Crippen LogP contribution is -2.65. The number of hydrogen-bond donors (Lipinski definition) is 1. The summed E-state index contributed by atoms with van der Waals surface area (Å²) in [6.45, 7) is 4.80. The fraction of sp³-hybridized carbons (Fsp3) is 0.571. The molecular weight excluding hydrogens is 342 g/mol. The molecule has 1 aromatic carbocycles. The van der Waals surface area contributed by atoms with Gasteiger partial charge in [-0.25, -0.2) is 0 Å². The fourth-order valence-corrected chi connectivity index (χ4v) is 3.94. The third kappa shape index (κ3) is 4.96. The van der Waals surface area contributed by atoms with Crippen molar-refractivity contribution in [2.45, 2.75) is 43.9 Å². The van der Waals surface area contributed by atoms with E-state index in [9.17, 15) is 0 Å². The van der Waals surface area contributed by atoms with Crippen LogP contribution in [0.2, 0.25) is 0 Å². The summed E-state index contributed by atoms with van der Waals surface area (Å²) in [7, 11) is 2.10. The molecule has 6 heteroatoms. The molecule has 146 valence electrons. The molecule has 0 spiro atoms. The van der Waals surface area contributed by atoms with E-state index in [4.69, 9.17) is 14.0 Å². The van der Waals surface area contributed by atoms with Gasteiger partial charge in [-0.3, -0.25) is 4.90 Å². The van der Waals surface area contributed by atoms with E-state index in [2.05, 4.69) is 52.8 Å². The van der Waals surface area contributed by atoms with Crippen LogP contribution in [0.1, 0.15) is 29.9 Å². The summed E-state index contributed by atoms with van der Waals surface area (Å²) in [6, 6.07) is 13.1. The average Bonchev–Trinajstić information content (AvgIpc) is 3.08. The Labute approximate surface area is 160 Å². The molecule has 0 atom stereocenters. The van der Waals surface area contributed by atoms with Gasteiger partial charge in [-0.05, 0) is 25.5 Å². The molecule has 4 rings (SSSR count). The molecule has 27 heavy (non-hydrogen) atoms. The van der Waals surface area contributed by atoms with Crippen LogP contribution in [0.15, 0.2) is 40.9 Å². The number of nitrogens with zero attached hydrogens (tertiary/aromatic N) is 2. The SMILES string of the molecule is CN(Cc1ccccc1)Cc1cc(CC2(NC3CCOCC3)COC2)no1. The highest BCUT2D eigenvalue weighted by atomic mass is 16.5. The van der Waals surface area contributed by atoms with Gasteiger partial charge in [-0.2, -0.15) is 0 Å². The fourth-order valence-electron chi connectivity index (χ4n) is 3.94. The monoisotopic (exact) mass is 371 g/mol. The molecule has 2 aromatic rings. The lowest BCUT2D eigenvalue weighted by molar-refractivity contribution is -0.0854.